The van der Waals surface area contributed by atoms with E-state index in [1.165, 1.54) is 11.1 Å². The van der Waals surface area contributed by atoms with Gasteiger partial charge in [0.05, 0.1) is 5.92 Å². The van der Waals surface area contributed by atoms with Crippen molar-refractivity contribution in [2.75, 3.05) is 0 Å². The van der Waals surface area contributed by atoms with Crippen LogP contribution in [0.3, 0.4) is 0 Å². The Hall–Kier alpha value is -1.57. The molecule has 1 heterocycles. The fourth-order valence-electron chi connectivity index (χ4n) is 2.42. The van der Waals surface area contributed by atoms with Crippen LogP contribution < -0.4 is 0 Å². The Morgan fingerprint density at radius 3 is 3.00 bits per heavy atom. The van der Waals surface area contributed by atoms with E-state index in [9.17, 15) is 4.79 Å². The van der Waals surface area contributed by atoms with E-state index in [1.54, 1.807) is 0 Å². The molecule has 3 rings (SSSR count). The molecule has 0 N–H and O–H groups in total. The van der Waals surface area contributed by atoms with Crippen LogP contribution >= 0.6 is 0 Å². The van der Waals surface area contributed by atoms with E-state index >= 15 is 0 Å². The summed E-state index contributed by atoms with van der Waals surface area (Å²) in [6.45, 7) is 3.80. The summed E-state index contributed by atoms with van der Waals surface area (Å²) in [5.41, 5.74) is 3.12. The van der Waals surface area contributed by atoms with E-state index in [-0.39, 0.29) is 18.0 Å². The molecule has 2 heteroatoms. The van der Waals surface area contributed by atoms with E-state index in [0.717, 1.165) is 6.42 Å². The van der Waals surface area contributed by atoms with E-state index in [0.29, 0.717) is 5.57 Å². The van der Waals surface area contributed by atoms with Crippen molar-refractivity contribution < 1.29 is 9.53 Å². The molecule has 0 unspecified atom stereocenters. The van der Waals surface area contributed by atoms with Crippen LogP contribution in [0.1, 0.15) is 17.0 Å². The van der Waals surface area contributed by atoms with Crippen LogP contribution in [0.2, 0.25) is 0 Å². The number of benzene rings is 1. The molecule has 1 saturated heterocycles. The van der Waals surface area contributed by atoms with Gasteiger partial charge in [-0.25, -0.2) is 4.79 Å². The molecule has 1 aromatic rings. The van der Waals surface area contributed by atoms with E-state index in [2.05, 4.69) is 18.7 Å². The van der Waals surface area contributed by atoms with Crippen molar-refractivity contribution in [3.63, 3.8) is 0 Å². The van der Waals surface area contributed by atoms with Crippen molar-refractivity contribution >= 4 is 5.97 Å². The Morgan fingerprint density at radius 1 is 1.36 bits per heavy atom. The van der Waals surface area contributed by atoms with Gasteiger partial charge in [-0.05, 0) is 11.1 Å². The van der Waals surface area contributed by atoms with E-state index in [4.69, 9.17) is 4.74 Å². The Bertz CT molecular complexity index is 434. The lowest BCUT2D eigenvalue weighted by molar-refractivity contribution is -0.138. The van der Waals surface area contributed by atoms with E-state index in [1.807, 2.05) is 12.1 Å². The van der Waals surface area contributed by atoms with Crippen LogP contribution in [0, 0.1) is 0 Å². The molecule has 2 atom stereocenters. The summed E-state index contributed by atoms with van der Waals surface area (Å²) in [7, 11) is 0. The molecule has 2 nitrogen and oxygen atoms in total. The van der Waals surface area contributed by atoms with Crippen LogP contribution in [0.15, 0.2) is 36.4 Å². The minimum absolute atomic E-state index is 0.00685. The number of carbonyl (C=O) groups is 1. The zero-order valence-corrected chi connectivity index (χ0v) is 7.69. The van der Waals surface area contributed by atoms with Gasteiger partial charge in [-0.1, -0.05) is 30.8 Å². The van der Waals surface area contributed by atoms with Gasteiger partial charge in [0.15, 0.2) is 0 Å². The standard InChI is InChI=1S/C12H10O2/c1-7-11-9-5-3-2-4-8(9)6-10(11)14-12(7)13/h2-5,10-11H,1,6H2/t10-,11+/m1/s1. The SMILES string of the molecule is C=C1C(=O)O[C@@H]2Cc3ccccc3[C@H]12. The van der Waals surface area contributed by atoms with Gasteiger partial charge in [-0.3, -0.25) is 0 Å². The molecule has 14 heavy (non-hydrogen) atoms. The van der Waals surface area contributed by atoms with Crippen molar-refractivity contribution in [3.8, 4) is 0 Å². The zero-order chi connectivity index (χ0) is 9.71. The Balaban J connectivity index is 2.13. The monoisotopic (exact) mass is 186 g/mol. The lowest BCUT2D eigenvalue weighted by Gasteiger charge is -2.06. The number of fused-ring (bicyclic) bond motifs is 3. The van der Waals surface area contributed by atoms with Crippen molar-refractivity contribution in [1.82, 2.24) is 0 Å². The average molecular weight is 186 g/mol. The molecule has 2 aliphatic rings. The molecule has 0 saturated carbocycles. The largest absolute Gasteiger partial charge is 0.458 e. The smallest absolute Gasteiger partial charge is 0.334 e. The first-order valence-electron chi connectivity index (χ1n) is 4.75. The van der Waals surface area contributed by atoms with Crippen LogP contribution in [-0.2, 0) is 16.0 Å². The van der Waals surface area contributed by atoms with Crippen molar-refractivity contribution in [1.29, 1.82) is 0 Å². The van der Waals surface area contributed by atoms with E-state index < -0.39 is 0 Å². The molecule has 0 spiro atoms. The summed E-state index contributed by atoms with van der Waals surface area (Å²) in [6.07, 6.45) is 0.846. The molecular weight excluding hydrogens is 176 g/mol. The highest BCUT2D eigenvalue weighted by Gasteiger charge is 2.44. The number of esters is 1. The normalized spacial score (nSPS) is 28.6. The van der Waals surface area contributed by atoms with Gasteiger partial charge in [0.25, 0.3) is 0 Å². The second-order valence-electron chi connectivity index (χ2n) is 3.85. The predicted molar refractivity (Wildman–Crippen MR) is 51.9 cm³/mol. The highest BCUT2D eigenvalue weighted by Crippen LogP contribution is 2.44. The second-order valence-corrected chi connectivity index (χ2v) is 3.85. The van der Waals surface area contributed by atoms with Gasteiger partial charge in [-0.15, -0.1) is 0 Å². The molecular formula is C12H10O2. The van der Waals surface area contributed by atoms with Gasteiger partial charge >= 0.3 is 5.97 Å². The first-order chi connectivity index (χ1) is 6.77. The molecule has 1 fully saturated rings. The third-order valence-electron chi connectivity index (χ3n) is 3.08. The van der Waals surface area contributed by atoms with Crippen LogP contribution in [0.5, 0.6) is 0 Å². The minimum atomic E-state index is -0.227. The average Bonchev–Trinajstić information content (AvgIpc) is 2.65. The van der Waals surface area contributed by atoms with Crippen molar-refractivity contribution in [3.05, 3.63) is 47.5 Å². The number of hydrogen-bond donors (Lipinski definition) is 0. The summed E-state index contributed by atoms with van der Waals surface area (Å²) in [4.78, 5) is 11.3. The summed E-state index contributed by atoms with van der Waals surface area (Å²) in [6, 6.07) is 8.17. The third-order valence-corrected chi connectivity index (χ3v) is 3.08. The quantitative estimate of drug-likeness (QED) is 0.456. The molecule has 1 aromatic carbocycles. The first-order valence-corrected chi connectivity index (χ1v) is 4.75. The molecule has 0 aromatic heterocycles. The second kappa shape index (κ2) is 2.47. The number of ether oxygens (including phenoxy) is 1. The molecule has 1 aliphatic heterocycles. The molecule has 70 valence electrons. The zero-order valence-electron chi connectivity index (χ0n) is 7.69. The summed E-state index contributed by atoms with van der Waals surface area (Å²) in [5, 5.41) is 0. The lowest BCUT2D eigenvalue weighted by Crippen LogP contribution is -2.09. The third kappa shape index (κ3) is 0.830. The maximum atomic E-state index is 11.3. The van der Waals surface area contributed by atoms with Crippen molar-refractivity contribution in [2.45, 2.75) is 18.4 Å². The fourth-order valence-corrected chi connectivity index (χ4v) is 2.42. The highest BCUT2D eigenvalue weighted by atomic mass is 16.6. The summed E-state index contributed by atoms with van der Waals surface area (Å²) < 4.78 is 5.24. The van der Waals surface area contributed by atoms with Gasteiger partial charge in [0, 0.05) is 12.0 Å². The number of hydrogen-bond acceptors (Lipinski definition) is 2. The Labute approximate surface area is 82.2 Å². The lowest BCUT2D eigenvalue weighted by atomic mass is 9.95. The minimum Gasteiger partial charge on any atom is -0.458 e. The van der Waals surface area contributed by atoms with Gasteiger partial charge in [0.2, 0.25) is 0 Å². The predicted octanol–water partition coefficient (Wildman–Crippen LogP) is 1.81. The highest BCUT2D eigenvalue weighted by molar-refractivity contribution is 5.93. The van der Waals surface area contributed by atoms with Crippen molar-refractivity contribution in [2.24, 2.45) is 0 Å². The van der Waals surface area contributed by atoms with Crippen LogP contribution in [-0.4, -0.2) is 12.1 Å². The maximum Gasteiger partial charge on any atom is 0.334 e. The van der Waals surface area contributed by atoms with Gasteiger partial charge in [0.1, 0.15) is 6.10 Å². The summed E-state index contributed by atoms with van der Waals surface area (Å²) in [5.74, 6) is -0.117. The fraction of sp³-hybridized carbons (Fsp3) is 0.250. The number of carbonyl (C=O) groups excluding carboxylic acids is 1. The molecule has 0 amide bonds. The topological polar surface area (TPSA) is 26.3 Å². The maximum absolute atomic E-state index is 11.3. The number of rotatable bonds is 0. The Morgan fingerprint density at radius 2 is 2.14 bits per heavy atom. The molecule has 0 radical (unpaired) electrons. The van der Waals surface area contributed by atoms with Gasteiger partial charge < -0.3 is 4.74 Å². The van der Waals surface area contributed by atoms with Crippen LogP contribution in [0.25, 0.3) is 0 Å². The first kappa shape index (κ1) is 7.80. The van der Waals surface area contributed by atoms with Crippen LogP contribution in [0.4, 0.5) is 0 Å². The molecule has 1 aliphatic carbocycles. The Kier molecular flexibility index (Phi) is 1.38. The van der Waals surface area contributed by atoms with Gasteiger partial charge in [-0.2, -0.15) is 0 Å². The molecule has 0 bridgehead atoms. The summed E-state index contributed by atoms with van der Waals surface area (Å²) >= 11 is 0.